The van der Waals surface area contributed by atoms with Crippen LogP contribution in [0.15, 0.2) is 48.5 Å². The zero-order valence-corrected chi connectivity index (χ0v) is 24.4. The highest BCUT2D eigenvalue weighted by Crippen LogP contribution is 2.68. The minimum atomic E-state index is -4.44. The Hall–Kier alpha value is -1.12. The minimum Gasteiger partial charge on any atom is -0.166 e. The Balaban J connectivity index is 2.08. The second-order valence-electron chi connectivity index (χ2n) is 12.1. The van der Waals surface area contributed by atoms with E-state index in [2.05, 4.69) is 48.5 Å². The van der Waals surface area contributed by atoms with Gasteiger partial charge >= 0.3 is 12.4 Å². The van der Waals surface area contributed by atoms with E-state index in [1.165, 1.54) is 24.3 Å². The van der Waals surface area contributed by atoms with Gasteiger partial charge in [-0.1, -0.05) is 87.1 Å². The SMILES string of the molecule is CC([C@@H]1CCC[C@@H]1P(C(C)(C)C)C(C)(C)C)P(c1ccc(C(F)(F)F)cc1)c1ccc(C(F)(F)F)cc1. The molecule has 0 bridgehead atoms. The third-order valence-corrected chi connectivity index (χ3v) is 14.4. The van der Waals surface area contributed by atoms with Crippen molar-refractivity contribution in [3.8, 4) is 0 Å². The Morgan fingerprint density at radius 2 is 1.03 bits per heavy atom. The smallest absolute Gasteiger partial charge is 0.166 e. The standard InChI is InChI=1S/C29H38F6P2/c1-19(24-9-8-10-25(24)37(26(2,3)4)27(5,6)7)36(22-15-11-20(12-16-22)28(30,31)32)23-17-13-21(14-18-23)29(33,34)35/h11-19,24-25H,8-10H2,1-7H3/t19?,24-,25-/m0/s1. The van der Waals surface area contributed by atoms with E-state index in [0.29, 0.717) is 11.6 Å². The molecule has 1 saturated carbocycles. The molecule has 0 N–H and O–H groups in total. The molecule has 1 aliphatic rings. The predicted octanol–water partition coefficient (Wildman–Crippen LogP) is 9.79. The summed E-state index contributed by atoms with van der Waals surface area (Å²) in [4.78, 5) is 0. The third-order valence-electron chi connectivity index (χ3n) is 7.28. The lowest BCUT2D eigenvalue weighted by Gasteiger charge is -2.49. The molecule has 1 fully saturated rings. The zero-order chi connectivity index (χ0) is 28.0. The van der Waals surface area contributed by atoms with Crippen LogP contribution in [0, 0.1) is 5.92 Å². The van der Waals surface area contributed by atoms with Crippen LogP contribution >= 0.6 is 15.8 Å². The molecule has 0 heterocycles. The van der Waals surface area contributed by atoms with Crippen LogP contribution in [0.5, 0.6) is 0 Å². The molecule has 2 aromatic rings. The summed E-state index contributed by atoms with van der Waals surface area (Å²) in [5.74, 6) is 0.361. The molecule has 0 amide bonds. The lowest BCUT2D eigenvalue weighted by atomic mass is 10.0. The van der Waals surface area contributed by atoms with Crippen molar-refractivity contribution in [2.24, 2.45) is 5.92 Å². The van der Waals surface area contributed by atoms with Crippen molar-refractivity contribution in [1.82, 2.24) is 0 Å². The number of halogens is 6. The van der Waals surface area contributed by atoms with Gasteiger partial charge in [0.15, 0.2) is 0 Å². The summed E-state index contributed by atoms with van der Waals surface area (Å²) in [5, 5.41) is 1.81. The van der Waals surface area contributed by atoms with Crippen LogP contribution in [0.2, 0.25) is 0 Å². The Bertz CT molecular complexity index is 956. The first-order valence-electron chi connectivity index (χ1n) is 12.7. The van der Waals surface area contributed by atoms with E-state index in [1.807, 2.05) is 0 Å². The molecule has 0 spiro atoms. The molecular weight excluding hydrogens is 524 g/mol. The number of benzene rings is 2. The number of alkyl halides is 6. The van der Waals surface area contributed by atoms with Gasteiger partial charge in [-0.25, -0.2) is 0 Å². The molecule has 2 aromatic carbocycles. The second-order valence-corrected chi connectivity index (χ2v) is 18.7. The summed E-state index contributed by atoms with van der Waals surface area (Å²) in [7, 11) is -1.57. The molecule has 3 atom stereocenters. The van der Waals surface area contributed by atoms with Gasteiger partial charge in [0.25, 0.3) is 0 Å². The molecule has 0 aromatic heterocycles. The van der Waals surface area contributed by atoms with Crippen molar-refractivity contribution in [2.45, 2.75) is 102 Å². The Morgan fingerprint density at radius 3 is 1.35 bits per heavy atom. The lowest BCUT2D eigenvalue weighted by Crippen LogP contribution is -2.37. The average Bonchev–Trinajstić information content (AvgIpc) is 3.20. The van der Waals surface area contributed by atoms with E-state index in [-0.39, 0.29) is 16.0 Å². The largest absolute Gasteiger partial charge is 0.416 e. The molecule has 1 aliphatic carbocycles. The normalized spacial score (nSPS) is 20.6. The molecule has 3 rings (SSSR count). The minimum absolute atomic E-state index is 0.116. The molecule has 8 heteroatoms. The van der Waals surface area contributed by atoms with Gasteiger partial charge in [0.2, 0.25) is 0 Å². The maximum Gasteiger partial charge on any atom is 0.416 e. The second kappa shape index (κ2) is 10.8. The van der Waals surface area contributed by atoms with Gasteiger partial charge < -0.3 is 0 Å². The summed E-state index contributed by atoms with van der Waals surface area (Å²) < 4.78 is 79.6. The molecular formula is C29H38F6P2. The number of hydrogen-bond acceptors (Lipinski definition) is 0. The van der Waals surface area contributed by atoms with Crippen molar-refractivity contribution < 1.29 is 26.3 Å². The quantitative estimate of drug-likeness (QED) is 0.251. The van der Waals surface area contributed by atoms with Crippen LogP contribution in [0.25, 0.3) is 0 Å². The molecule has 37 heavy (non-hydrogen) atoms. The molecule has 1 unspecified atom stereocenters. The van der Waals surface area contributed by atoms with E-state index in [9.17, 15) is 26.3 Å². The van der Waals surface area contributed by atoms with Gasteiger partial charge in [-0.2, -0.15) is 26.3 Å². The highest BCUT2D eigenvalue weighted by Gasteiger charge is 2.47. The fraction of sp³-hybridized carbons (Fsp3) is 0.586. The maximum atomic E-state index is 13.3. The van der Waals surface area contributed by atoms with Crippen molar-refractivity contribution in [3.63, 3.8) is 0 Å². The topological polar surface area (TPSA) is 0 Å². The summed E-state index contributed by atoms with van der Waals surface area (Å²) >= 11 is 0. The van der Waals surface area contributed by atoms with Gasteiger partial charge in [0.05, 0.1) is 11.1 Å². The van der Waals surface area contributed by atoms with E-state index in [0.717, 1.165) is 54.1 Å². The molecule has 0 aliphatic heterocycles. The summed E-state index contributed by atoms with van der Waals surface area (Å²) in [5.41, 5.74) is -0.812. The van der Waals surface area contributed by atoms with Crippen LogP contribution in [-0.2, 0) is 12.4 Å². The third kappa shape index (κ3) is 7.10. The maximum absolute atomic E-state index is 13.3. The zero-order valence-electron chi connectivity index (χ0n) is 22.6. The van der Waals surface area contributed by atoms with Gasteiger partial charge in [0.1, 0.15) is 0 Å². The van der Waals surface area contributed by atoms with Crippen molar-refractivity contribution in [2.75, 3.05) is 0 Å². The predicted molar refractivity (Wildman–Crippen MR) is 146 cm³/mol. The fourth-order valence-electron chi connectivity index (χ4n) is 6.29. The Kier molecular flexibility index (Phi) is 8.88. The van der Waals surface area contributed by atoms with Gasteiger partial charge in [0, 0.05) is 0 Å². The molecule has 206 valence electrons. The van der Waals surface area contributed by atoms with Gasteiger partial charge in [-0.15, -0.1) is 0 Å². The summed E-state index contributed by atoms with van der Waals surface area (Å²) in [6, 6.07) is 10.5. The first-order chi connectivity index (χ1) is 16.8. The van der Waals surface area contributed by atoms with Crippen molar-refractivity contribution >= 4 is 26.5 Å². The highest BCUT2D eigenvalue weighted by molar-refractivity contribution is 7.73. The number of hydrogen-bond donors (Lipinski definition) is 0. The van der Waals surface area contributed by atoms with Crippen molar-refractivity contribution in [1.29, 1.82) is 0 Å². The molecule has 0 radical (unpaired) electrons. The average molecular weight is 563 g/mol. The van der Waals surface area contributed by atoms with Crippen LogP contribution in [0.1, 0.15) is 78.9 Å². The highest BCUT2D eigenvalue weighted by atomic mass is 31.1. The Labute approximate surface area is 220 Å². The lowest BCUT2D eigenvalue weighted by molar-refractivity contribution is -0.138. The van der Waals surface area contributed by atoms with Crippen LogP contribution in [0.3, 0.4) is 0 Å². The van der Waals surface area contributed by atoms with Crippen LogP contribution in [-0.4, -0.2) is 21.6 Å². The van der Waals surface area contributed by atoms with Gasteiger partial charge in [-0.05, 0) is 83.2 Å². The first-order valence-corrected chi connectivity index (χ1v) is 15.6. The van der Waals surface area contributed by atoms with Crippen LogP contribution < -0.4 is 10.6 Å². The Morgan fingerprint density at radius 1 is 0.649 bits per heavy atom. The first kappa shape index (κ1) is 30.4. The van der Waals surface area contributed by atoms with E-state index >= 15 is 0 Å². The van der Waals surface area contributed by atoms with Gasteiger partial charge in [-0.3, -0.25) is 0 Å². The summed E-state index contributed by atoms with van der Waals surface area (Å²) in [6.45, 7) is 16.0. The molecule has 0 nitrogen and oxygen atoms in total. The number of rotatable bonds is 5. The van der Waals surface area contributed by atoms with Crippen molar-refractivity contribution in [3.05, 3.63) is 59.7 Å². The molecule has 0 saturated heterocycles. The monoisotopic (exact) mass is 562 g/mol. The fourth-order valence-corrected chi connectivity index (χ4v) is 14.6. The van der Waals surface area contributed by atoms with E-state index in [1.54, 1.807) is 0 Å². The van der Waals surface area contributed by atoms with Crippen LogP contribution in [0.4, 0.5) is 26.3 Å². The van der Waals surface area contributed by atoms with E-state index < -0.39 is 39.3 Å². The van der Waals surface area contributed by atoms with E-state index in [4.69, 9.17) is 0 Å². The summed E-state index contributed by atoms with van der Waals surface area (Å²) in [6.07, 6.45) is -5.61.